The molecule has 158 valence electrons. The van der Waals surface area contributed by atoms with Crippen LogP contribution in [-0.2, 0) is 17.8 Å². The van der Waals surface area contributed by atoms with E-state index < -0.39 is 0 Å². The van der Waals surface area contributed by atoms with Crippen LogP contribution in [0.25, 0.3) is 10.2 Å². The van der Waals surface area contributed by atoms with Crippen molar-refractivity contribution in [2.45, 2.75) is 38.7 Å². The van der Waals surface area contributed by atoms with E-state index in [1.54, 1.807) is 6.07 Å². The van der Waals surface area contributed by atoms with E-state index >= 15 is 0 Å². The van der Waals surface area contributed by atoms with Gasteiger partial charge in [-0.2, -0.15) is 0 Å². The van der Waals surface area contributed by atoms with Crippen molar-refractivity contribution < 1.29 is 9.84 Å². The molecule has 0 unspecified atom stereocenters. The number of hydrogen-bond donors (Lipinski definition) is 3. The molecular formula is C22H29ClN2O3S. The first-order valence-electron chi connectivity index (χ1n) is 9.90. The molecule has 0 aliphatic carbocycles. The number of phenolic OH excluding ortho intramolecular Hbond substituents is 1. The third-order valence-corrected chi connectivity index (χ3v) is 5.67. The van der Waals surface area contributed by atoms with Crippen LogP contribution < -0.4 is 10.2 Å². The maximum atomic E-state index is 11.5. The highest BCUT2D eigenvalue weighted by molar-refractivity contribution is 7.16. The van der Waals surface area contributed by atoms with Crippen LogP contribution in [0.3, 0.4) is 0 Å². The molecule has 0 amide bonds. The van der Waals surface area contributed by atoms with Crippen molar-refractivity contribution in [1.82, 2.24) is 10.3 Å². The lowest BCUT2D eigenvalue weighted by Crippen LogP contribution is -2.18. The average Bonchev–Trinajstić information content (AvgIpc) is 3.11. The Labute approximate surface area is 181 Å². The fourth-order valence-corrected chi connectivity index (χ4v) is 4.09. The van der Waals surface area contributed by atoms with Crippen LogP contribution in [0.15, 0.2) is 47.3 Å². The monoisotopic (exact) mass is 436 g/mol. The van der Waals surface area contributed by atoms with Gasteiger partial charge in [0.2, 0.25) is 0 Å². The molecule has 1 heterocycles. The van der Waals surface area contributed by atoms with Gasteiger partial charge in [-0.1, -0.05) is 60.6 Å². The highest BCUT2D eigenvalue weighted by atomic mass is 35.5. The first-order valence-corrected chi connectivity index (χ1v) is 10.7. The summed E-state index contributed by atoms with van der Waals surface area (Å²) in [5.41, 5.74) is 2.88. The van der Waals surface area contributed by atoms with E-state index in [4.69, 9.17) is 4.74 Å². The van der Waals surface area contributed by atoms with Gasteiger partial charge in [0.15, 0.2) is 0 Å². The van der Waals surface area contributed by atoms with Crippen LogP contribution in [0.4, 0.5) is 0 Å². The molecule has 0 saturated heterocycles. The predicted molar refractivity (Wildman–Crippen MR) is 122 cm³/mol. The molecule has 3 aromatic rings. The number of thiazole rings is 1. The molecule has 7 heteroatoms. The van der Waals surface area contributed by atoms with E-state index in [1.165, 1.54) is 18.4 Å². The smallest absolute Gasteiger partial charge is 0.305 e. The van der Waals surface area contributed by atoms with Crippen LogP contribution in [0.2, 0.25) is 0 Å². The predicted octanol–water partition coefficient (Wildman–Crippen LogP) is 4.63. The molecule has 0 radical (unpaired) electrons. The van der Waals surface area contributed by atoms with Crippen molar-refractivity contribution in [3.05, 3.63) is 63.3 Å². The largest absolute Gasteiger partial charge is 0.506 e. The summed E-state index contributed by atoms with van der Waals surface area (Å²) in [6.07, 6.45) is 5.49. The summed E-state index contributed by atoms with van der Waals surface area (Å²) in [5.74, 6) is 0.137. The Morgan fingerprint density at radius 1 is 1.00 bits per heavy atom. The molecular weight excluding hydrogens is 408 g/mol. The van der Waals surface area contributed by atoms with Crippen LogP contribution in [0.5, 0.6) is 5.75 Å². The van der Waals surface area contributed by atoms with Gasteiger partial charge < -0.3 is 20.1 Å². The van der Waals surface area contributed by atoms with Crippen LogP contribution >= 0.6 is 23.7 Å². The minimum absolute atomic E-state index is 0. The summed E-state index contributed by atoms with van der Waals surface area (Å²) in [7, 11) is 0. The summed E-state index contributed by atoms with van der Waals surface area (Å²) >= 11 is 1.16. The number of aromatic hydroxyl groups is 1. The lowest BCUT2D eigenvalue weighted by Gasteiger charge is -2.07. The molecule has 1 aromatic heterocycles. The molecule has 2 aromatic carbocycles. The van der Waals surface area contributed by atoms with Gasteiger partial charge in [-0.25, -0.2) is 0 Å². The van der Waals surface area contributed by atoms with E-state index in [2.05, 4.69) is 22.4 Å². The molecule has 5 nitrogen and oxygen atoms in total. The summed E-state index contributed by atoms with van der Waals surface area (Å²) < 4.78 is 6.57. The van der Waals surface area contributed by atoms with Crippen molar-refractivity contribution in [1.29, 1.82) is 0 Å². The Morgan fingerprint density at radius 3 is 2.62 bits per heavy atom. The number of rotatable bonds is 12. The normalized spacial score (nSPS) is 10.9. The van der Waals surface area contributed by atoms with Gasteiger partial charge in [0.1, 0.15) is 11.3 Å². The molecule has 0 spiro atoms. The molecule has 0 aliphatic heterocycles. The zero-order valence-corrected chi connectivity index (χ0v) is 18.1. The number of H-pyrrole nitrogens is 1. The Morgan fingerprint density at radius 2 is 1.79 bits per heavy atom. The number of hydrogen-bond acceptors (Lipinski definition) is 5. The molecule has 0 bridgehead atoms. The first-order chi connectivity index (χ1) is 13.7. The van der Waals surface area contributed by atoms with Gasteiger partial charge in [-0.05, 0) is 49.5 Å². The molecule has 0 saturated carbocycles. The number of aromatic amines is 1. The Bertz CT molecular complexity index is 911. The highest BCUT2D eigenvalue weighted by Gasteiger charge is 2.09. The molecule has 29 heavy (non-hydrogen) atoms. The number of halogens is 1. The molecule has 0 aliphatic rings. The molecule has 3 N–H and O–H groups in total. The molecule has 0 atom stereocenters. The third kappa shape index (κ3) is 7.48. The summed E-state index contributed by atoms with van der Waals surface area (Å²) in [5, 5.41) is 13.3. The van der Waals surface area contributed by atoms with Gasteiger partial charge in [-0.15, -0.1) is 12.4 Å². The SMILES string of the molecule is Cl.O=c1[nH]c2c(O)ccc(CCNCCCCCCOCc3ccccc3)c2s1. The van der Waals surface area contributed by atoms with E-state index in [1.807, 2.05) is 24.3 Å². The minimum atomic E-state index is -0.126. The van der Waals surface area contributed by atoms with Gasteiger partial charge in [0.05, 0.1) is 11.3 Å². The van der Waals surface area contributed by atoms with Crippen LogP contribution in [0.1, 0.15) is 36.8 Å². The third-order valence-electron chi connectivity index (χ3n) is 4.71. The minimum Gasteiger partial charge on any atom is -0.506 e. The van der Waals surface area contributed by atoms with Gasteiger partial charge in [0, 0.05) is 6.61 Å². The summed E-state index contributed by atoms with van der Waals surface area (Å²) in [6, 6.07) is 13.8. The van der Waals surface area contributed by atoms with E-state index in [0.29, 0.717) is 12.1 Å². The van der Waals surface area contributed by atoms with Crippen molar-refractivity contribution in [2.75, 3.05) is 19.7 Å². The number of unbranched alkanes of at least 4 members (excludes halogenated alkanes) is 3. The highest BCUT2D eigenvalue weighted by Crippen LogP contribution is 2.27. The quantitative estimate of drug-likeness (QED) is 0.362. The van der Waals surface area contributed by atoms with E-state index in [0.717, 1.165) is 60.6 Å². The fourth-order valence-electron chi connectivity index (χ4n) is 3.19. The number of nitrogens with one attached hydrogen (secondary N) is 2. The zero-order chi connectivity index (χ0) is 19.6. The number of fused-ring (bicyclic) bond motifs is 1. The van der Waals surface area contributed by atoms with Gasteiger partial charge >= 0.3 is 4.87 Å². The molecule has 0 fully saturated rings. The maximum Gasteiger partial charge on any atom is 0.305 e. The number of aromatic nitrogens is 1. The van der Waals surface area contributed by atoms with Gasteiger partial charge in [-0.3, -0.25) is 4.79 Å². The van der Waals surface area contributed by atoms with Crippen molar-refractivity contribution in [3.63, 3.8) is 0 Å². The standard InChI is InChI=1S/C22H28N2O3S.ClH/c25-19-11-10-18(21-20(19)24-22(26)28-21)12-14-23-13-6-1-2-7-15-27-16-17-8-4-3-5-9-17;/h3-5,8-11,23,25H,1-2,6-7,12-16H2,(H,24,26);1H. The Kier molecular flexibility index (Phi) is 10.2. The maximum absolute atomic E-state index is 11.5. The second-order valence-corrected chi connectivity index (χ2v) is 7.90. The lowest BCUT2D eigenvalue weighted by atomic mass is 10.1. The number of phenols is 1. The van der Waals surface area contributed by atoms with Crippen molar-refractivity contribution in [2.24, 2.45) is 0 Å². The van der Waals surface area contributed by atoms with Crippen LogP contribution in [0, 0.1) is 0 Å². The lowest BCUT2D eigenvalue weighted by molar-refractivity contribution is 0.116. The van der Waals surface area contributed by atoms with Crippen molar-refractivity contribution in [3.8, 4) is 5.75 Å². The van der Waals surface area contributed by atoms with Crippen LogP contribution in [-0.4, -0.2) is 29.8 Å². The average molecular weight is 437 g/mol. The number of benzene rings is 2. The summed E-state index contributed by atoms with van der Waals surface area (Å²) in [4.78, 5) is 14.1. The summed E-state index contributed by atoms with van der Waals surface area (Å²) in [6.45, 7) is 3.38. The zero-order valence-electron chi connectivity index (χ0n) is 16.5. The Hall–Kier alpha value is -1.86. The van der Waals surface area contributed by atoms with E-state index in [-0.39, 0.29) is 23.0 Å². The second kappa shape index (κ2) is 12.6. The van der Waals surface area contributed by atoms with Crippen molar-refractivity contribution >= 4 is 34.0 Å². The van der Waals surface area contributed by atoms with Gasteiger partial charge in [0.25, 0.3) is 0 Å². The second-order valence-electron chi connectivity index (χ2n) is 6.91. The number of ether oxygens (including phenoxy) is 1. The first kappa shape index (κ1) is 23.4. The Balaban J connectivity index is 0.00000300. The van der Waals surface area contributed by atoms with E-state index in [9.17, 15) is 9.90 Å². The topological polar surface area (TPSA) is 74.4 Å². The fraction of sp³-hybridized carbons (Fsp3) is 0.409. The molecule has 3 rings (SSSR count).